The highest BCUT2D eigenvalue weighted by Crippen LogP contribution is 2.69. The number of hydrogen-bond acceptors (Lipinski definition) is 4. The number of carbonyl (C=O) groups is 1. The summed E-state index contributed by atoms with van der Waals surface area (Å²) < 4.78 is 7.28. The van der Waals surface area contributed by atoms with E-state index in [9.17, 15) is 9.90 Å². The van der Waals surface area contributed by atoms with Crippen molar-refractivity contribution in [2.45, 2.75) is 74.7 Å². The monoisotopic (exact) mass is 470 g/mol. The number of fused-ring (bicyclic) bond motifs is 1. The van der Waals surface area contributed by atoms with Gasteiger partial charge in [-0.2, -0.15) is 0 Å². The zero-order chi connectivity index (χ0) is 23.5. The van der Waals surface area contributed by atoms with Gasteiger partial charge in [-0.3, -0.25) is 9.69 Å². The third kappa shape index (κ3) is 2.59. The number of nitrogens with zero attached hydrogens (tertiary/aromatic N) is 2. The molecule has 0 aromatic heterocycles. The largest absolute Gasteiger partial charge is 0.508 e. The Kier molecular flexibility index (Phi) is 4.09. The van der Waals surface area contributed by atoms with Gasteiger partial charge in [0.25, 0.3) is 5.91 Å². The molecule has 4 bridgehead atoms. The van der Waals surface area contributed by atoms with E-state index in [2.05, 4.69) is 21.9 Å². The average molecular weight is 471 g/mol. The molecule has 3 aliphatic carbocycles. The van der Waals surface area contributed by atoms with E-state index in [1.807, 2.05) is 37.3 Å². The molecule has 6 aliphatic rings. The summed E-state index contributed by atoms with van der Waals surface area (Å²) in [4.78, 5) is 18.7. The first kappa shape index (κ1) is 20.8. The predicted molar refractivity (Wildman–Crippen MR) is 133 cm³/mol. The average Bonchev–Trinajstić information content (AvgIpc) is 3.54. The topological polar surface area (TPSA) is 53.0 Å². The Labute approximate surface area is 207 Å². The van der Waals surface area contributed by atoms with Crippen LogP contribution in [0.1, 0.15) is 59.2 Å². The molecule has 3 saturated heterocycles. The lowest BCUT2D eigenvalue weighted by molar-refractivity contribution is -0.171. The van der Waals surface area contributed by atoms with Crippen molar-refractivity contribution in [3.63, 3.8) is 0 Å². The highest BCUT2D eigenvalue weighted by molar-refractivity contribution is 5.95. The molecular formula is C30H34N2O3. The number of carbonyl (C=O) groups excluding carboxylic acids is 1. The molecule has 5 heteroatoms. The van der Waals surface area contributed by atoms with Gasteiger partial charge in [-0.15, -0.1) is 0 Å². The molecule has 5 fully saturated rings. The van der Waals surface area contributed by atoms with Crippen molar-refractivity contribution in [2.24, 2.45) is 11.8 Å². The number of likely N-dealkylation sites (tertiary alicyclic amines) is 2. The van der Waals surface area contributed by atoms with Crippen molar-refractivity contribution in [1.82, 2.24) is 9.80 Å². The summed E-state index contributed by atoms with van der Waals surface area (Å²) in [5.41, 5.74) is 4.32. The van der Waals surface area contributed by atoms with Gasteiger partial charge in [-0.1, -0.05) is 23.8 Å². The van der Waals surface area contributed by atoms with Gasteiger partial charge in [0.05, 0.1) is 11.7 Å². The van der Waals surface area contributed by atoms with Crippen molar-refractivity contribution in [1.29, 1.82) is 0 Å². The molecule has 0 radical (unpaired) electrons. The minimum absolute atomic E-state index is 0.0768. The standard InChI is InChI=1S/C30H34N2O3/c1-18-3-2-4-21(13-18)28(34)32-17-25-27-24(32)9-10-30(35-25)26-14-20-7-8-22(33)15-23(20)29(27,30)11-12-31(26)16-19-5-6-19/h2-4,7-8,13,15,19,24-27,33H,5-6,9-12,14,16-17H2,1H3/t24?,25-,26?,27?,29?,30?/m1/s1. The fraction of sp³-hybridized carbons (Fsp3) is 0.567. The molecule has 0 spiro atoms. The Morgan fingerprint density at radius 3 is 2.86 bits per heavy atom. The predicted octanol–water partition coefficient (Wildman–Crippen LogP) is 4.05. The first-order valence-electron chi connectivity index (χ1n) is 13.6. The fourth-order valence-corrected chi connectivity index (χ4v) is 9.20. The molecule has 3 heterocycles. The quantitative estimate of drug-likeness (QED) is 0.735. The van der Waals surface area contributed by atoms with E-state index < -0.39 is 0 Å². The van der Waals surface area contributed by atoms with Gasteiger partial charge in [-0.25, -0.2) is 0 Å². The van der Waals surface area contributed by atoms with Crippen LogP contribution in [0.2, 0.25) is 0 Å². The van der Waals surface area contributed by atoms with E-state index in [-0.39, 0.29) is 29.1 Å². The lowest BCUT2D eigenvalue weighted by Gasteiger charge is -2.64. The molecule has 182 valence electrons. The van der Waals surface area contributed by atoms with Gasteiger partial charge < -0.3 is 14.7 Å². The summed E-state index contributed by atoms with van der Waals surface area (Å²) >= 11 is 0. The van der Waals surface area contributed by atoms with Crippen LogP contribution >= 0.6 is 0 Å². The molecule has 1 amide bonds. The Morgan fingerprint density at radius 2 is 2.03 bits per heavy atom. The van der Waals surface area contributed by atoms with Crippen LogP contribution in [0.25, 0.3) is 0 Å². The normalized spacial score (nSPS) is 38.8. The van der Waals surface area contributed by atoms with E-state index in [0.717, 1.165) is 49.3 Å². The van der Waals surface area contributed by atoms with Crippen molar-refractivity contribution >= 4 is 5.91 Å². The van der Waals surface area contributed by atoms with Crippen LogP contribution in [0.3, 0.4) is 0 Å². The molecule has 3 aliphatic heterocycles. The summed E-state index contributed by atoms with van der Waals surface area (Å²) in [6, 6.07) is 14.7. The van der Waals surface area contributed by atoms with E-state index >= 15 is 0 Å². The van der Waals surface area contributed by atoms with Crippen LogP contribution in [-0.2, 0) is 16.6 Å². The first-order valence-corrected chi connectivity index (χ1v) is 13.6. The molecule has 5 nitrogen and oxygen atoms in total. The zero-order valence-corrected chi connectivity index (χ0v) is 20.5. The maximum Gasteiger partial charge on any atom is 0.254 e. The highest BCUT2D eigenvalue weighted by Gasteiger charge is 2.78. The second-order valence-electron chi connectivity index (χ2n) is 12.2. The molecule has 35 heavy (non-hydrogen) atoms. The van der Waals surface area contributed by atoms with Gasteiger partial charge in [-0.05, 0) is 93.3 Å². The number of phenols is 1. The van der Waals surface area contributed by atoms with E-state index in [0.29, 0.717) is 24.3 Å². The smallest absolute Gasteiger partial charge is 0.254 e. The number of piperidine rings is 1. The van der Waals surface area contributed by atoms with Crippen LogP contribution < -0.4 is 0 Å². The molecule has 2 aromatic carbocycles. The van der Waals surface area contributed by atoms with Gasteiger partial charge >= 0.3 is 0 Å². The maximum atomic E-state index is 13.7. The summed E-state index contributed by atoms with van der Waals surface area (Å²) in [6.07, 6.45) is 6.92. The van der Waals surface area contributed by atoms with Crippen LogP contribution in [0.5, 0.6) is 5.75 Å². The Hall–Kier alpha value is -2.37. The minimum Gasteiger partial charge on any atom is -0.508 e. The first-order chi connectivity index (χ1) is 17.0. The van der Waals surface area contributed by atoms with E-state index in [4.69, 9.17) is 4.74 Å². The van der Waals surface area contributed by atoms with Crippen LogP contribution in [-0.4, -0.2) is 64.2 Å². The zero-order valence-electron chi connectivity index (χ0n) is 20.5. The minimum atomic E-state index is -0.189. The van der Waals surface area contributed by atoms with Gasteiger partial charge in [0.1, 0.15) is 5.75 Å². The molecule has 1 N–H and O–H groups in total. The Morgan fingerprint density at radius 1 is 1.14 bits per heavy atom. The lowest BCUT2D eigenvalue weighted by atomic mass is 9.46. The van der Waals surface area contributed by atoms with Gasteiger partial charge in [0.15, 0.2) is 0 Å². The Bertz CT molecular complexity index is 1240. The van der Waals surface area contributed by atoms with Gasteiger partial charge in [0, 0.05) is 42.1 Å². The van der Waals surface area contributed by atoms with E-state index in [1.165, 1.54) is 30.5 Å². The number of aromatic hydroxyl groups is 1. The molecule has 5 unspecified atom stereocenters. The van der Waals surface area contributed by atoms with E-state index in [1.54, 1.807) is 0 Å². The number of benzene rings is 2. The summed E-state index contributed by atoms with van der Waals surface area (Å²) in [5.74, 6) is 1.67. The molecule has 8 rings (SSSR count). The second kappa shape index (κ2) is 6.89. The molecule has 2 saturated carbocycles. The lowest BCUT2D eigenvalue weighted by Crippen LogP contribution is -2.74. The fourth-order valence-electron chi connectivity index (χ4n) is 9.20. The third-order valence-corrected chi connectivity index (χ3v) is 10.6. The maximum absolute atomic E-state index is 13.7. The second-order valence-corrected chi connectivity index (χ2v) is 12.2. The summed E-state index contributed by atoms with van der Waals surface area (Å²) in [7, 11) is 0. The van der Waals surface area contributed by atoms with Crippen molar-refractivity contribution in [3.05, 3.63) is 64.7 Å². The molecular weight excluding hydrogens is 436 g/mol. The SMILES string of the molecule is Cc1cccc(C(=O)N2C[C@H]3OC45CCC2C3C42CCN(CC3CC3)C5Cc3ccc(O)cc32)c1. The summed E-state index contributed by atoms with van der Waals surface area (Å²) in [6.45, 7) is 5.04. The Balaban J connectivity index is 1.24. The van der Waals surface area contributed by atoms with Crippen LogP contribution in [0, 0.1) is 18.8 Å². The number of amides is 1. The van der Waals surface area contributed by atoms with Crippen molar-refractivity contribution < 1.29 is 14.6 Å². The van der Waals surface area contributed by atoms with Crippen molar-refractivity contribution in [3.8, 4) is 5.75 Å². The van der Waals surface area contributed by atoms with Crippen molar-refractivity contribution in [2.75, 3.05) is 19.6 Å². The van der Waals surface area contributed by atoms with Crippen LogP contribution in [0.15, 0.2) is 42.5 Å². The number of hydrogen-bond donors (Lipinski definition) is 1. The number of aryl methyl sites for hydroxylation is 1. The summed E-state index contributed by atoms with van der Waals surface area (Å²) in [5, 5.41) is 10.6. The number of ether oxygens (including phenoxy) is 1. The van der Waals surface area contributed by atoms with Crippen LogP contribution in [0.4, 0.5) is 0 Å². The van der Waals surface area contributed by atoms with Gasteiger partial charge in [0.2, 0.25) is 0 Å². The number of rotatable bonds is 3. The molecule has 2 aromatic rings. The third-order valence-electron chi connectivity index (χ3n) is 10.6. The number of phenolic OH excluding ortho intramolecular Hbond substituents is 1. The molecule has 6 atom stereocenters. The highest BCUT2D eigenvalue weighted by atomic mass is 16.5.